The Kier molecular flexibility index (Phi) is 10.2. The maximum atomic E-state index is 12.5. The Morgan fingerprint density at radius 2 is 1.13 bits per heavy atom. The predicted molar refractivity (Wildman–Crippen MR) is 211 cm³/mol. The van der Waals surface area contributed by atoms with Crippen LogP contribution in [0.2, 0.25) is 0 Å². The fourth-order valence-electron chi connectivity index (χ4n) is 7.06. The molecule has 0 bridgehead atoms. The van der Waals surface area contributed by atoms with E-state index < -0.39 is 30.6 Å². The standard InChI is InChI=1S/C43H53O8P/c1-23-16-25(3)36-28(18-23)29-19-24(2)17-26(4)37(29)50-52(49-36)51-38-30(20-27(46-14)21-32(38)41(5,6)7)31-22-33(47-15)34(42(8,9)10)35(43(11,12)13)39(31)48-40(44)45/h16-22H,1-15H3,(H,44,45). The largest absolute Gasteiger partial charge is 0.511 e. The summed E-state index contributed by atoms with van der Waals surface area (Å²) in [6.45, 7) is 26.8. The van der Waals surface area contributed by atoms with Crippen molar-refractivity contribution in [3.8, 4) is 34.1 Å². The van der Waals surface area contributed by atoms with Gasteiger partial charge in [-0.05, 0) is 96.5 Å². The van der Waals surface area contributed by atoms with Crippen LogP contribution in [0.3, 0.4) is 0 Å². The number of fused-ring (bicyclic) bond motifs is 3. The Morgan fingerprint density at radius 1 is 0.635 bits per heavy atom. The number of rotatable bonds is 6. The fourth-order valence-corrected chi connectivity index (χ4v) is 8.30. The third-order valence-corrected chi connectivity index (χ3v) is 10.2. The molecule has 9 heteroatoms. The highest BCUT2D eigenvalue weighted by molar-refractivity contribution is 7.32. The molecule has 0 amide bonds. The van der Waals surface area contributed by atoms with E-state index >= 15 is 0 Å². The van der Waals surface area contributed by atoms with Crippen LogP contribution in [0.4, 0.5) is 4.79 Å². The number of aryl methyl sites for hydroxylation is 4. The van der Waals surface area contributed by atoms with Crippen molar-refractivity contribution in [2.45, 2.75) is 106 Å². The quantitative estimate of drug-likeness (QED) is 0.136. The van der Waals surface area contributed by atoms with Gasteiger partial charge >= 0.3 is 14.4 Å². The molecule has 0 radical (unpaired) electrons. The molecule has 4 aromatic carbocycles. The summed E-state index contributed by atoms with van der Waals surface area (Å²) in [6, 6.07) is 14.0. The van der Waals surface area contributed by atoms with E-state index in [-0.39, 0.29) is 5.75 Å². The SMILES string of the molecule is COc1cc(-c2cc(OC)c(C(C)(C)C)c(C(C)(C)C)c2OC(=O)O)c(Op2oc3c(C)cc(C)cc3c3cc(C)cc(C)c3o2)c(C(C)(C)C)c1. The zero-order chi connectivity index (χ0) is 38.7. The average Bonchev–Trinajstić information content (AvgIpc) is 3.16. The van der Waals surface area contributed by atoms with E-state index in [2.05, 4.69) is 79.7 Å². The highest BCUT2D eigenvalue weighted by atomic mass is 31.1. The van der Waals surface area contributed by atoms with Crippen molar-refractivity contribution in [1.82, 2.24) is 0 Å². The van der Waals surface area contributed by atoms with Gasteiger partial charge in [-0.1, -0.05) is 74.4 Å². The molecular formula is C43H53O8P. The summed E-state index contributed by atoms with van der Waals surface area (Å²) in [6.07, 6.45) is -1.43. The number of ether oxygens (including phenoxy) is 3. The van der Waals surface area contributed by atoms with Gasteiger partial charge in [-0.3, -0.25) is 0 Å². The van der Waals surface area contributed by atoms with E-state index in [1.807, 2.05) is 52.8 Å². The summed E-state index contributed by atoms with van der Waals surface area (Å²) in [5.74, 6) is 1.82. The zero-order valence-corrected chi connectivity index (χ0v) is 34.2. The molecule has 0 aliphatic carbocycles. The first-order chi connectivity index (χ1) is 24.0. The van der Waals surface area contributed by atoms with Gasteiger partial charge in [0, 0.05) is 38.6 Å². The Balaban J connectivity index is 2.00. The van der Waals surface area contributed by atoms with Crippen molar-refractivity contribution in [3.05, 3.63) is 81.4 Å². The lowest BCUT2D eigenvalue weighted by Crippen LogP contribution is -2.25. The molecule has 278 valence electrons. The average molecular weight is 729 g/mol. The van der Waals surface area contributed by atoms with Gasteiger partial charge in [0.1, 0.15) is 34.2 Å². The Morgan fingerprint density at radius 3 is 1.56 bits per heavy atom. The fraction of sp³-hybridized carbons (Fsp3) is 0.419. The van der Waals surface area contributed by atoms with Gasteiger partial charge in [0.25, 0.3) is 0 Å². The molecule has 0 saturated carbocycles. The first kappa shape index (κ1) is 38.7. The van der Waals surface area contributed by atoms with Gasteiger partial charge in [-0.25, -0.2) is 4.79 Å². The summed E-state index contributed by atoms with van der Waals surface area (Å²) in [5, 5.41) is 12.1. The molecule has 0 saturated heterocycles. The van der Waals surface area contributed by atoms with E-state index in [1.54, 1.807) is 14.2 Å². The third-order valence-electron chi connectivity index (χ3n) is 9.17. The maximum Gasteiger partial charge on any atom is 0.511 e. The number of benzene rings is 4. The van der Waals surface area contributed by atoms with Gasteiger partial charge in [-0.2, -0.15) is 0 Å². The molecule has 1 aromatic heterocycles. The van der Waals surface area contributed by atoms with Crippen LogP contribution in [0.1, 0.15) is 101 Å². The lowest BCUT2D eigenvalue weighted by Gasteiger charge is -2.34. The molecular weight excluding hydrogens is 675 g/mol. The first-order valence-corrected chi connectivity index (χ1v) is 18.6. The second kappa shape index (κ2) is 13.8. The van der Waals surface area contributed by atoms with Crippen molar-refractivity contribution >= 4 is 36.3 Å². The topological polar surface area (TPSA) is 101 Å². The predicted octanol–water partition coefficient (Wildman–Crippen LogP) is 13.0. The summed E-state index contributed by atoms with van der Waals surface area (Å²) >= 11 is 0. The molecule has 1 heterocycles. The van der Waals surface area contributed by atoms with Gasteiger partial charge in [0.15, 0.2) is 0 Å². The third kappa shape index (κ3) is 7.50. The van der Waals surface area contributed by atoms with E-state index in [0.717, 1.165) is 49.7 Å². The minimum absolute atomic E-state index is 0.201. The minimum atomic E-state index is -2.11. The van der Waals surface area contributed by atoms with Gasteiger partial charge in [0.05, 0.1) is 14.2 Å². The second-order valence-corrected chi connectivity index (χ2v) is 17.8. The number of hydrogen-bond donors (Lipinski definition) is 1. The summed E-state index contributed by atoms with van der Waals surface area (Å²) in [4.78, 5) is 12.5. The number of methoxy groups -OCH3 is 2. The van der Waals surface area contributed by atoms with Crippen LogP contribution in [0.5, 0.6) is 23.0 Å². The van der Waals surface area contributed by atoms with E-state index in [9.17, 15) is 9.90 Å². The first-order valence-electron chi connectivity index (χ1n) is 17.5. The molecule has 0 aliphatic heterocycles. The Bertz CT molecular complexity index is 2170. The minimum Gasteiger partial charge on any atom is -0.497 e. The van der Waals surface area contributed by atoms with Crippen LogP contribution in [0.25, 0.3) is 33.1 Å². The molecule has 5 aromatic rings. The number of carbonyl (C=O) groups is 1. The van der Waals surface area contributed by atoms with Crippen molar-refractivity contribution in [3.63, 3.8) is 0 Å². The van der Waals surface area contributed by atoms with Gasteiger partial charge in [-0.15, -0.1) is 0 Å². The highest BCUT2D eigenvalue weighted by Gasteiger charge is 2.37. The summed E-state index contributed by atoms with van der Waals surface area (Å²) in [7, 11) is 1.13. The number of carboxylic acid groups (broad SMARTS) is 1. The molecule has 0 spiro atoms. The maximum absolute atomic E-state index is 12.5. The molecule has 0 unspecified atom stereocenters. The molecule has 0 fully saturated rings. The van der Waals surface area contributed by atoms with Gasteiger partial charge in [0.2, 0.25) is 0 Å². The molecule has 52 heavy (non-hydrogen) atoms. The molecule has 0 atom stereocenters. The smallest absolute Gasteiger partial charge is 0.497 e. The summed E-state index contributed by atoms with van der Waals surface area (Å²) in [5.41, 5.74) is 7.47. The summed E-state index contributed by atoms with van der Waals surface area (Å²) < 4.78 is 38.3. The highest BCUT2D eigenvalue weighted by Crippen LogP contribution is 2.54. The number of hydrogen-bond acceptors (Lipinski definition) is 7. The van der Waals surface area contributed by atoms with E-state index in [4.69, 9.17) is 27.1 Å². The lowest BCUT2D eigenvalue weighted by molar-refractivity contribution is 0.143. The van der Waals surface area contributed by atoms with Crippen LogP contribution in [0.15, 0.2) is 50.9 Å². The lowest BCUT2D eigenvalue weighted by atomic mass is 9.72. The van der Waals surface area contributed by atoms with Crippen molar-refractivity contribution in [2.24, 2.45) is 0 Å². The van der Waals surface area contributed by atoms with Crippen molar-refractivity contribution in [1.29, 1.82) is 0 Å². The van der Waals surface area contributed by atoms with E-state index in [0.29, 0.717) is 39.5 Å². The van der Waals surface area contributed by atoms with Gasteiger partial charge < -0.3 is 32.2 Å². The van der Waals surface area contributed by atoms with Crippen LogP contribution in [-0.2, 0) is 16.2 Å². The second-order valence-electron chi connectivity index (χ2n) is 16.8. The molecule has 8 nitrogen and oxygen atoms in total. The zero-order valence-electron chi connectivity index (χ0n) is 33.3. The molecule has 1 N–H and O–H groups in total. The van der Waals surface area contributed by atoms with Crippen LogP contribution < -0.4 is 18.7 Å². The van der Waals surface area contributed by atoms with Crippen molar-refractivity contribution in [2.75, 3.05) is 14.2 Å². The Hall–Kier alpha value is -4.55. The van der Waals surface area contributed by atoms with Crippen LogP contribution in [-0.4, -0.2) is 25.5 Å². The monoisotopic (exact) mass is 728 g/mol. The van der Waals surface area contributed by atoms with Crippen LogP contribution >= 0.6 is 8.24 Å². The normalized spacial score (nSPS) is 12.3. The van der Waals surface area contributed by atoms with Crippen molar-refractivity contribution < 1.29 is 37.0 Å². The molecule has 0 aliphatic rings. The molecule has 5 rings (SSSR count). The van der Waals surface area contributed by atoms with E-state index in [1.165, 1.54) is 0 Å². The Labute approximate surface area is 308 Å². The van der Waals surface area contributed by atoms with Crippen LogP contribution in [0, 0.1) is 27.7 Å².